The van der Waals surface area contributed by atoms with Gasteiger partial charge in [-0.3, -0.25) is 4.79 Å². The average Bonchev–Trinajstić information content (AvgIpc) is 3.14. The molecule has 3 heterocycles. The number of piperazine rings is 1. The highest BCUT2D eigenvalue weighted by Gasteiger charge is 2.27. The zero-order chi connectivity index (χ0) is 22.7. The summed E-state index contributed by atoms with van der Waals surface area (Å²) in [7, 11) is 1.98. The Balaban J connectivity index is 1.90. The molecule has 0 unspecified atom stereocenters. The van der Waals surface area contributed by atoms with Crippen LogP contribution in [0.1, 0.15) is 25.5 Å². The third kappa shape index (κ3) is 2.88. The number of H-pyrrole nitrogens is 1. The van der Waals surface area contributed by atoms with Gasteiger partial charge in [0.05, 0.1) is 27.9 Å². The molecule has 1 aliphatic rings. The molecule has 5 rings (SSSR count). The normalized spacial score (nSPS) is 15.3. The standard InChI is InChI=1S/C24H23F2N5O/c1-13(2)31-21-16(11-17(25)22(20(21)26)30-8-6-29(3)7-9-30)23(32)19-15-5-4-14(12-27)10-18(15)28-24(19)31/h4-5,10-11,13,28H,6-9H2,1-3H3. The van der Waals surface area contributed by atoms with Gasteiger partial charge in [-0.2, -0.15) is 5.26 Å². The molecule has 1 N–H and O–H groups in total. The topological polar surface area (TPSA) is 68.1 Å². The number of hydrogen-bond donors (Lipinski definition) is 1. The van der Waals surface area contributed by atoms with Crippen LogP contribution in [0.2, 0.25) is 0 Å². The molecule has 0 radical (unpaired) electrons. The van der Waals surface area contributed by atoms with Crippen molar-refractivity contribution in [2.45, 2.75) is 19.9 Å². The molecular weight excluding hydrogens is 412 g/mol. The highest BCUT2D eigenvalue weighted by atomic mass is 19.1. The van der Waals surface area contributed by atoms with Crippen LogP contribution in [0.4, 0.5) is 14.5 Å². The highest BCUT2D eigenvalue weighted by Crippen LogP contribution is 2.35. The number of fused-ring (bicyclic) bond motifs is 4. The molecule has 0 amide bonds. The summed E-state index contributed by atoms with van der Waals surface area (Å²) in [6.07, 6.45) is 0. The van der Waals surface area contributed by atoms with Crippen LogP contribution in [0.15, 0.2) is 29.1 Å². The van der Waals surface area contributed by atoms with Crippen molar-refractivity contribution >= 4 is 38.5 Å². The van der Waals surface area contributed by atoms with Crippen LogP contribution in [-0.2, 0) is 0 Å². The van der Waals surface area contributed by atoms with Gasteiger partial charge in [-0.25, -0.2) is 8.78 Å². The maximum absolute atomic E-state index is 16.0. The van der Waals surface area contributed by atoms with Gasteiger partial charge in [0, 0.05) is 43.1 Å². The van der Waals surface area contributed by atoms with Crippen molar-refractivity contribution in [3.63, 3.8) is 0 Å². The number of nitriles is 1. The molecular formula is C24H23F2N5O. The monoisotopic (exact) mass is 435 g/mol. The minimum atomic E-state index is -0.724. The van der Waals surface area contributed by atoms with E-state index < -0.39 is 17.1 Å². The van der Waals surface area contributed by atoms with Gasteiger partial charge in [0.2, 0.25) is 0 Å². The predicted octanol–water partition coefficient (Wildman–Crippen LogP) is 4.12. The van der Waals surface area contributed by atoms with E-state index in [0.717, 1.165) is 0 Å². The number of hydrogen-bond acceptors (Lipinski definition) is 4. The molecule has 4 aromatic rings. The number of benzene rings is 2. The summed E-state index contributed by atoms with van der Waals surface area (Å²) in [5.41, 5.74) is 1.12. The van der Waals surface area contributed by atoms with Crippen molar-refractivity contribution < 1.29 is 8.78 Å². The van der Waals surface area contributed by atoms with Gasteiger partial charge < -0.3 is 19.4 Å². The fourth-order valence-electron chi connectivity index (χ4n) is 4.75. The molecule has 164 valence electrons. The van der Waals surface area contributed by atoms with Crippen molar-refractivity contribution in [1.82, 2.24) is 14.5 Å². The predicted molar refractivity (Wildman–Crippen MR) is 122 cm³/mol. The Hall–Kier alpha value is -3.44. The Morgan fingerprint density at radius 1 is 1.09 bits per heavy atom. The van der Waals surface area contributed by atoms with Crippen LogP contribution >= 0.6 is 0 Å². The lowest BCUT2D eigenvalue weighted by Gasteiger charge is -2.34. The summed E-state index contributed by atoms with van der Waals surface area (Å²) >= 11 is 0. The Labute approximate surface area is 183 Å². The Morgan fingerprint density at radius 2 is 1.81 bits per heavy atom. The van der Waals surface area contributed by atoms with Gasteiger partial charge >= 0.3 is 0 Å². The molecule has 1 fully saturated rings. The third-order valence-corrected chi connectivity index (χ3v) is 6.37. The maximum atomic E-state index is 16.0. The first-order chi connectivity index (χ1) is 15.3. The summed E-state index contributed by atoms with van der Waals surface area (Å²) in [5, 5.41) is 10.3. The number of aromatic nitrogens is 2. The third-order valence-electron chi connectivity index (χ3n) is 6.37. The number of nitrogens with one attached hydrogen (secondary N) is 1. The van der Waals surface area contributed by atoms with E-state index in [1.165, 1.54) is 6.07 Å². The van der Waals surface area contributed by atoms with Crippen molar-refractivity contribution in [2.24, 2.45) is 0 Å². The molecule has 0 saturated carbocycles. The molecule has 0 atom stereocenters. The molecule has 2 aromatic heterocycles. The highest BCUT2D eigenvalue weighted by molar-refractivity contribution is 6.10. The van der Waals surface area contributed by atoms with Gasteiger partial charge in [0.1, 0.15) is 17.2 Å². The molecule has 0 bridgehead atoms. The number of anilines is 1. The maximum Gasteiger partial charge on any atom is 0.199 e. The van der Waals surface area contributed by atoms with E-state index in [4.69, 9.17) is 0 Å². The van der Waals surface area contributed by atoms with Crippen LogP contribution in [0, 0.1) is 23.0 Å². The molecule has 6 nitrogen and oxygen atoms in total. The molecule has 1 aliphatic heterocycles. The number of nitrogens with zero attached hydrogens (tertiary/aromatic N) is 4. The lowest BCUT2D eigenvalue weighted by Crippen LogP contribution is -2.45. The van der Waals surface area contributed by atoms with Gasteiger partial charge in [-0.05, 0) is 39.1 Å². The van der Waals surface area contributed by atoms with Gasteiger partial charge in [-0.15, -0.1) is 0 Å². The second-order valence-electron chi connectivity index (χ2n) is 8.72. The Bertz CT molecular complexity index is 1490. The second kappa shape index (κ2) is 7.31. The first kappa shape index (κ1) is 20.5. The summed E-state index contributed by atoms with van der Waals surface area (Å²) in [5.74, 6) is -1.44. The summed E-state index contributed by atoms with van der Waals surface area (Å²) in [6.45, 7) is 6.22. The summed E-state index contributed by atoms with van der Waals surface area (Å²) in [4.78, 5) is 20.5. The van der Waals surface area contributed by atoms with E-state index in [-0.39, 0.29) is 22.6 Å². The number of pyridine rings is 1. The molecule has 32 heavy (non-hydrogen) atoms. The smallest absolute Gasteiger partial charge is 0.199 e. The van der Waals surface area contributed by atoms with Crippen LogP contribution in [-0.4, -0.2) is 47.7 Å². The van der Waals surface area contributed by atoms with Crippen LogP contribution in [0.5, 0.6) is 0 Å². The fraction of sp³-hybridized carbons (Fsp3) is 0.333. The van der Waals surface area contributed by atoms with Crippen LogP contribution < -0.4 is 10.3 Å². The quantitative estimate of drug-likeness (QED) is 0.514. The van der Waals surface area contributed by atoms with E-state index in [9.17, 15) is 10.1 Å². The lowest BCUT2D eigenvalue weighted by atomic mass is 10.1. The van der Waals surface area contributed by atoms with Crippen molar-refractivity contribution in [1.29, 1.82) is 5.26 Å². The minimum absolute atomic E-state index is 0.0179. The zero-order valence-corrected chi connectivity index (χ0v) is 18.2. The first-order valence-corrected chi connectivity index (χ1v) is 10.7. The van der Waals surface area contributed by atoms with E-state index in [1.54, 1.807) is 27.7 Å². The molecule has 2 aromatic carbocycles. The largest absolute Gasteiger partial charge is 0.364 e. The van der Waals surface area contributed by atoms with E-state index in [1.807, 2.05) is 20.9 Å². The number of aromatic amines is 1. The molecule has 0 aliphatic carbocycles. The number of halogens is 2. The lowest BCUT2D eigenvalue weighted by molar-refractivity contribution is 0.310. The molecule has 1 saturated heterocycles. The summed E-state index contributed by atoms with van der Waals surface area (Å²) < 4.78 is 33.0. The zero-order valence-electron chi connectivity index (χ0n) is 18.2. The van der Waals surface area contributed by atoms with Crippen molar-refractivity contribution in [3.8, 4) is 6.07 Å². The van der Waals surface area contributed by atoms with E-state index in [2.05, 4.69) is 16.0 Å². The second-order valence-corrected chi connectivity index (χ2v) is 8.72. The van der Waals surface area contributed by atoms with Gasteiger partial charge in [-0.1, -0.05) is 6.07 Å². The van der Waals surface area contributed by atoms with Crippen molar-refractivity contribution in [3.05, 3.63) is 51.7 Å². The van der Waals surface area contributed by atoms with E-state index in [0.29, 0.717) is 53.7 Å². The fourth-order valence-corrected chi connectivity index (χ4v) is 4.75. The SMILES string of the molecule is CC(C)n1c2[nH]c3cc(C#N)ccc3c2c(=O)c2cc(F)c(N3CCN(C)CC3)c(F)c21. The van der Waals surface area contributed by atoms with Gasteiger partial charge in [0.25, 0.3) is 0 Å². The van der Waals surface area contributed by atoms with Crippen molar-refractivity contribution in [2.75, 3.05) is 38.1 Å². The molecule has 0 spiro atoms. The van der Waals surface area contributed by atoms with Crippen LogP contribution in [0.3, 0.4) is 0 Å². The first-order valence-electron chi connectivity index (χ1n) is 10.7. The average molecular weight is 435 g/mol. The minimum Gasteiger partial charge on any atom is -0.364 e. The Morgan fingerprint density at radius 3 is 2.47 bits per heavy atom. The Kier molecular flexibility index (Phi) is 4.68. The van der Waals surface area contributed by atoms with Gasteiger partial charge in [0.15, 0.2) is 11.2 Å². The molecule has 8 heteroatoms. The summed E-state index contributed by atoms with van der Waals surface area (Å²) in [6, 6.07) is 8.06. The number of rotatable bonds is 2. The van der Waals surface area contributed by atoms with E-state index >= 15 is 8.78 Å². The number of likely N-dealkylation sites (N-methyl/N-ethyl adjacent to an activating group) is 1. The van der Waals surface area contributed by atoms with Crippen LogP contribution in [0.25, 0.3) is 32.8 Å².